The number of para-hydroxylation sites is 1. The molecule has 0 bridgehead atoms. The molecule has 0 fully saturated rings. The summed E-state index contributed by atoms with van der Waals surface area (Å²) in [6.45, 7) is 4.09. The minimum absolute atomic E-state index is 0.0259. The summed E-state index contributed by atoms with van der Waals surface area (Å²) >= 11 is 0. The zero-order valence-corrected chi connectivity index (χ0v) is 17.1. The van der Waals surface area contributed by atoms with Crippen molar-refractivity contribution >= 4 is 16.0 Å². The lowest BCUT2D eigenvalue weighted by Crippen LogP contribution is -2.44. The maximum atomic E-state index is 13.1. The maximum Gasteiger partial charge on any atom is 0.337 e. The second-order valence-electron chi connectivity index (χ2n) is 6.93. The van der Waals surface area contributed by atoms with Crippen molar-refractivity contribution in [2.24, 2.45) is 0 Å². The van der Waals surface area contributed by atoms with Crippen molar-refractivity contribution in [1.82, 2.24) is 4.72 Å². The molecule has 0 aliphatic carbocycles. The molecule has 1 atom stereocenters. The van der Waals surface area contributed by atoms with Crippen molar-refractivity contribution < 1.29 is 22.7 Å². The lowest BCUT2D eigenvalue weighted by atomic mass is 9.84. The maximum absolute atomic E-state index is 13.1. The molecule has 0 saturated carbocycles. The molecule has 1 unspecified atom stereocenters. The predicted octanol–water partition coefficient (Wildman–Crippen LogP) is 3.83. The predicted molar refractivity (Wildman–Crippen MR) is 106 cm³/mol. The Kier molecular flexibility index (Phi) is 5.76. The van der Waals surface area contributed by atoms with Crippen LogP contribution in [0.15, 0.2) is 53.4 Å². The van der Waals surface area contributed by atoms with Gasteiger partial charge in [0, 0.05) is 12.0 Å². The average Bonchev–Trinajstić information content (AvgIpc) is 2.72. The van der Waals surface area contributed by atoms with Crippen LogP contribution >= 0.6 is 0 Å². The third-order valence-corrected chi connectivity index (χ3v) is 6.82. The van der Waals surface area contributed by atoms with Gasteiger partial charge in [-0.3, -0.25) is 0 Å². The van der Waals surface area contributed by atoms with Gasteiger partial charge in [0.05, 0.1) is 23.6 Å². The number of esters is 1. The molecule has 7 heteroatoms. The Hall–Kier alpha value is -2.38. The molecule has 0 aromatic heterocycles. The fourth-order valence-electron chi connectivity index (χ4n) is 3.57. The van der Waals surface area contributed by atoms with Gasteiger partial charge in [-0.25, -0.2) is 17.9 Å². The van der Waals surface area contributed by atoms with Crippen LogP contribution in [0, 0.1) is 0 Å². The van der Waals surface area contributed by atoms with Crippen LogP contribution in [0.1, 0.15) is 55.1 Å². The van der Waals surface area contributed by atoms with Gasteiger partial charge in [-0.15, -0.1) is 0 Å². The van der Waals surface area contributed by atoms with Crippen molar-refractivity contribution in [3.63, 3.8) is 0 Å². The monoisotopic (exact) mass is 403 g/mol. The molecule has 0 radical (unpaired) electrons. The molecule has 0 spiro atoms. The molecular formula is C21H25NO5S. The van der Waals surface area contributed by atoms with Crippen LogP contribution in [0.4, 0.5) is 0 Å². The lowest BCUT2D eigenvalue weighted by molar-refractivity contribution is 0.0260. The van der Waals surface area contributed by atoms with Crippen LogP contribution in [-0.2, 0) is 14.8 Å². The standard InChI is InChI=1S/C21H25NO5S/c1-4-21(5-2)14-18(17-11-6-7-12-19(17)27-21)22-28(24,25)16-10-8-9-15(13-16)20(23)26-3/h6-13,18,22H,4-5,14H2,1-3H3. The fraction of sp³-hybridized carbons (Fsp3) is 0.381. The van der Waals surface area contributed by atoms with Crippen LogP contribution < -0.4 is 9.46 Å². The summed E-state index contributed by atoms with van der Waals surface area (Å²) in [5, 5.41) is 0. The quantitative estimate of drug-likeness (QED) is 0.741. The summed E-state index contributed by atoms with van der Waals surface area (Å²) in [6.07, 6.45) is 2.08. The molecule has 1 heterocycles. The smallest absolute Gasteiger partial charge is 0.337 e. The van der Waals surface area contributed by atoms with Crippen molar-refractivity contribution in [2.75, 3.05) is 7.11 Å². The van der Waals surface area contributed by atoms with Gasteiger partial charge in [-0.1, -0.05) is 38.1 Å². The summed E-state index contributed by atoms with van der Waals surface area (Å²) < 4.78 is 39.9. The molecule has 0 amide bonds. The minimum atomic E-state index is -3.85. The van der Waals surface area contributed by atoms with Gasteiger partial charge in [0.15, 0.2) is 0 Å². The first-order valence-corrected chi connectivity index (χ1v) is 10.8. The number of nitrogens with one attached hydrogen (secondary N) is 1. The van der Waals surface area contributed by atoms with Crippen LogP contribution in [-0.4, -0.2) is 27.1 Å². The highest BCUT2D eigenvalue weighted by atomic mass is 32.2. The number of methoxy groups -OCH3 is 1. The number of carbonyl (C=O) groups is 1. The number of fused-ring (bicyclic) bond motifs is 1. The number of benzene rings is 2. The highest BCUT2D eigenvalue weighted by molar-refractivity contribution is 7.89. The molecule has 1 N–H and O–H groups in total. The van der Waals surface area contributed by atoms with E-state index in [1.54, 1.807) is 0 Å². The van der Waals surface area contributed by atoms with Gasteiger partial charge in [-0.2, -0.15) is 0 Å². The van der Waals surface area contributed by atoms with Crippen molar-refractivity contribution in [3.05, 3.63) is 59.7 Å². The minimum Gasteiger partial charge on any atom is -0.487 e. The Morgan fingerprint density at radius 3 is 2.57 bits per heavy atom. The molecule has 150 valence electrons. The highest BCUT2D eigenvalue weighted by Crippen LogP contribution is 2.43. The zero-order chi connectivity index (χ0) is 20.4. The van der Waals surface area contributed by atoms with E-state index in [9.17, 15) is 13.2 Å². The Morgan fingerprint density at radius 2 is 1.89 bits per heavy atom. The van der Waals surface area contributed by atoms with Crippen molar-refractivity contribution in [2.45, 2.75) is 49.6 Å². The second-order valence-corrected chi connectivity index (χ2v) is 8.64. The van der Waals surface area contributed by atoms with Gasteiger partial charge in [0.1, 0.15) is 11.4 Å². The normalized spacial score (nSPS) is 18.0. The van der Waals surface area contributed by atoms with E-state index in [4.69, 9.17) is 4.74 Å². The molecular weight excluding hydrogens is 378 g/mol. The number of rotatable bonds is 6. The number of sulfonamides is 1. The largest absolute Gasteiger partial charge is 0.487 e. The molecule has 0 saturated heterocycles. The average molecular weight is 404 g/mol. The van der Waals surface area contributed by atoms with Crippen LogP contribution in [0.2, 0.25) is 0 Å². The van der Waals surface area contributed by atoms with Crippen LogP contribution in [0.5, 0.6) is 5.75 Å². The van der Waals surface area contributed by atoms with Gasteiger partial charge in [-0.05, 0) is 37.1 Å². The lowest BCUT2D eigenvalue weighted by Gasteiger charge is -2.41. The number of hydrogen-bond acceptors (Lipinski definition) is 5. The van der Waals surface area contributed by atoms with Crippen molar-refractivity contribution in [1.29, 1.82) is 0 Å². The van der Waals surface area contributed by atoms with E-state index in [0.717, 1.165) is 18.4 Å². The molecule has 1 aliphatic rings. The summed E-state index contributed by atoms with van der Waals surface area (Å²) in [6, 6.07) is 12.9. The third-order valence-electron chi connectivity index (χ3n) is 5.35. The number of hydrogen-bond donors (Lipinski definition) is 1. The van der Waals surface area contributed by atoms with Gasteiger partial charge < -0.3 is 9.47 Å². The van der Waals surface area contributed by atoms with E-state index >= 15 is 0 Å². The Labute approximate surface area is 165 Å². The summed E-state index contributed by atoms with van der Waals surface area (Å²) in [5.74, 6) is 0.123. The first-order valence-electron chi connectivity index (χ1n) is 9.33. The van der Waals surface area contributed by atoms with E-state index in [2.05, 4.69) is 9.46 Å². The van der Waals surface area contributed by atoms with Gasteiger partial charge in [0.2, 0.25) is 10.0 Å². The van der Waals surface area contributed by atoms with E-state index in [-0.39, 0.29) is 10.5 Å². The molecule has 28 heavy (non-hydrogen) atoms. The van der Waals surface area contributed by atoms with E-state index in [1.165, 1.54) is 31.4 Å². The molecule has 2 aromatic carbocycles. The van der Waals surface area contributed by atoms with Crippen LogP contribution in [0.3, 0.4) is 0 Å². The fourth-order valence-corrected chi connectivity index (χ4v) is 4.83. The first kappa shape index (κ1) is 20.4. The molecule has 1 aliphatic heterocycles. The zero-order valence-electron chi connectivity index (χ0n) is 16.3. The molecule has 6 nitrogen and oxygen atoms in total. The topological polar surface area (TPSA) is 81.7 Å². The van der Waals surface area contributed by atoms with E-state index in [0.29, 0.717) is 12.2 Å². The summed E-state index contributed by atoms with van der Waals surface area (Å²) in [4.78, 5) is 11.8. The first-order chi connectivity index (χ1) is 13.3. The van der Waals surface area contributed by atoms with Gasteiger partial charge >= 0.3 is 5.97 Å². The summed E-state index contributed by atoms with van der Waals surface area (Å²) in [5.41, 5.74) is 0.581. The Balaban J connectivity index is 1.96. The summed E-state index contributed by atoms with van der Waals surface area (Å²) in [7, 11) is -2.59. The second kappa shape index (κ2) is 7.93. The molecule has 2 aromatic rings. The van der Waals surface area contributed by atoms with E-state index in [1.807, 2.05) is 38.1 Å². The number of carbonyl (C=O) groups excluding carboxylic acids is 1. The van der Waals surface area contributed by atoms with E-state index < -0.39 is 27.6 Å². The third kappa shape index (κ3) is 3.91. The van der Waals surface area contributed by atoms with Crippen molar-refractivity contribution in [3.8, 4) is 5.75 Å². The SMILES string of the molecule is CCC1(CC)CC(NS(=O)(=O)c2cccc(C(=O)OC)c2)c2ccccc2O1. The molecule has 3 rings (SSSR count). The number of ether oxygens (including phenoxy) is 2. The Bertz CT molecular complexity index is 966. The highest BCUT2D eigenvalue weighted by Gasteiger charge is 2.40. The van der Waals surface area contributed by atoms with Crippen LogP contribution in [0.25, 0.3) is 0 Å². The Morgan fingerprint density at radius 1 is 1.18 bits per heavy atom. The van der Waals surface area contributed by atoms with Gasteiger partial charge in [0.25, 0.3) is 0 Å².